The maximum atomic E-state index is 12.4. The van der Waals surface area contributed by atoms with Crippen LogP contribution in [0, 0.1) is 0 Å². The van der Waals surface area contributed by atoms with E-state index in [0.717, 1.165) is 13.2 Å². The number of rotatable bonds is 7. The highest BCUT2D eigenvalue weighted by atomic mass is 19.4. The molecule has 0 aliphatic rings. The predicted molar refractivity (Wildman–Crippen MR) is 92.3 cm³/mol. The summed E-state index contributed by atoms with van der Waals surface area (Å²) in [5.74, 6) is -1.77. The number of carbonyl (C=O) groups excluding carboxylic acids is 1. The Balaban J connectivity index is 0.00000105. The topological polar surface area (TPSA) is 92.4 Å². The molecule has 1 aromatic rings. The molecular formula is C17H20F4N3O4+. The summed E-state index contributed by atoms with van der Waals surface area (Å²) < 4.78 is 53.4. The normalized spacial score (nSPS) is 11.6. The van der Waals surface area contributed by atoms with Crippen LogP contribution in [0.2, 0.25) is 0 Å². The van der Waals surface area contributed by atoms with E-state index in [4.69, 9.17) is 5.11 Å². The summed E-state index contributed by atoms with van der Waals surface area (Å²) in [4.78, 5) is 20.0. The van der Waals surface area contributed by atoms with Crippen LogP contribution < -0.4 is 0 Å². The van der Waals surface area contributed by atoms with Crippen molar-refractivity contribution in [2.24, 2.45) is 0 Å². The van der Waals surface area contributed by atoms with Gasteiger partial charge in [-0.2, -0.15) is 13.2 Å². The molecule has 0 bridgehead atoms. The highest BCUT2D eigenvalue weighted by Gasteiger charge is 2.32. The zero-order chi connectivity index (χ0) is 21.7. The van der Waals surface area contributed by atoms with Crippen molar-refractivity contribution in [2.45, 2.75) is 19.5 Å². The minimum Gasteiger partial charge on any atom is -0.481 e. The first-order chi connectivity index (χ1) is 13.0. The summed E-state index contributed by atoms with van der Waals surface area (Å²) in [6, 6.07) is 2.08. The largest absolute Gasteiger partial charge is 0.481 e. The molecule has 0 saturated heterocycles. The van der Waals surface area contributed by atoms with Gasteiger partial charge in [-0.15, -0.1) is 10.2 Å². The van der Waals surface area contributed by atoms with E-state index >= 15 is 0 Å². The summed E-state index contributed by atoms with van der Waals surface area (Å²) in [6.07, 6.45) is 0.153. The van der Waals surface area contributed by atoms with Crippen LogP contribution in [0.3, 0.4) is 0 Å². The number of hydrogen-bond acceptors (Lipinski definition) is 5. The summed E-state index contributed by atoms with van der Waals surface area (Å²) in [5.41, 5.74) is -0.237. The molecular weight excluding hydrogens is 386 g/mol. The van der Waals surface area contributed by atoms with Gasteiger partial charge in [0.1, 0.15) is 13.1 Å². The fraction of sp³-hybridized carbons (Fsp3) is 0.353. The molecule has 0 amide bonds. The minimum atomic E-state index is -4.53. The number of carbonyl (C=O) groups is 2. The molecule has 0 radical (unpaired) electrons. The Kier molecular flexibility index (Phi) is 10.9. The van der Waals surface area contributed by atoms with Gasteiger partial charge in [-0.05, 0) is 19.1 Å². The van der Waals surface area contributed by atoms with Crippen LogP contribution in [0.5, 0.6) is 0 Å². The van der Waals surface area contributed by atoms with Crippen molar-refractivity contribution in [1.82, 2.24) is 10.2 Å². The number of aromatic nitrogens is 2. The van der Waals surface area contributed by atoms with Crippen molar-refractivity contribution in [3.05, 3.63) is 41.9 Å². The SMILES string of the molecule is C=[N+](/C=C\C(=C/C)c1ccc(C(F)(F)F)nn1)CCC(=O)O.COC(=O)CF. The Hall–Kier alpha value is -3.11. The number of halogens is 4. The predicted octanol–water partition coefficient (Wildman–Crippen LogP) is 2.73. The van der Waals surface area contributed by atoms with Gasteiger partial charge in [0.15, 0.2) is 25.1 Å². The first-order valence-corrected chi connectivity index (χ1v) is 7.72. The molecule has 154 valence electrons. The lowest BCUT2D eigenvalue weighted by Crippen LogP contribution is -2.10. The summed E-state index contributed by atoms with van der Waals surface area (Å²) in [5, 5.41) is 15.3. The van der Waals surface area contributed by atoms with E-state index in [9.17, 15) is 27.2 Å². The Labute approximate surface area is 158 Å². The van der Waals surface area contributed by atoms with Crippen LogP contribution in [0.15, 0.2) is 30.5 Å². The van der Waals surface area contributed by atoms with Gasteiger partial charge in [-0.3, -0.25) is 4.79 Å². The smallest absolute Gasteiger partial charge is 0.435 e. The Morgan fingerprint density at radius 3 is 2.32 bits per heavy atom. The molecule has 0 spiro atoms. The molecule has 0 fully saturated rings. The van der Waals surface area contributed by atoms with E-state index in [1.165, 1.54) is 16.8 Å². The Morgan fingerprint density at radius 1 is 1.32 bits per heavy atom. The first-order valence-electron chi connectivity index (χ1n) is 7.72. The van der Waals surface area contributed by atoms with Crippen molar-refractivity contribution in [3.63, 3.8) is 0 Å². The van der Waals surface area contributed by atoms with Crippen molar-refractivity contribution < 1.29 is 41.6 Å². The van der Waals surface area contributed by atoms with Gasteiger partial charge in [0.25, 0.3) is 0 Å². The second kappa shape index (κ2) is 12.3. The molecule has 1 rings (SSSR count). The number of carboxylic acids is 1. The van der Waals surface area contributed by atoms with Gasteiger partial charge in [-0.25, -0.2) is 13.8 Å². The van der Waals surface area contributed by atoms with E-state index in [2.05, 4.69) is 21.7 Å². The number of carboxylic acid groups (broad SMARTS) is 1. The van der Waals surface area contributed by atoms with Crippen LogP contribution in [0.1, 0.15) is 24.7 Å². The maximum absolute atomic E-state index is 12.4. The summed E-state index contributed by atoms with van der Waals surface area (Å²) in [7, 11) is 1.14. The third-order valence-electron chi connectivity index (χ3n) is 2.98. The van der Waals surface area contributed by atoms with Gasteiger partial charge < -0.3 is 9.84 Å². The lowest BCUT2D eigenvalue weighted by atomic mass is 10.1. The highest BCUT2D eigenvalue weighted by Crippen LogP contribution is 2.27. The molecule has 1 aromatic heterocycles. The molecule has 0 aliphatic carbocycles. The van der Waals surface area contributed by atoms with Crippen molar-refractivity contribution in [3.8, 4) is 0 Å². The van der Waals surface area contributed by atoms with Crippen LogP contribution in [-0.4, -0.2) is 58.9 Å². The molecule has 0 atom stereocenters. The zero-order valence-electron chi connectivity index (χ0n) is 15.2. The third-order valence-corrected chi connectivity index (χ3v) is 2.98. The summed E-state index contributed by atoms with van der Waals surface area (Å²) in [6.45, 7) is 4.50. The third kappa shape index (κ3) is 10.1. The van der Waals surface area contributed by atoms with Crippen LogP contribution in [0.4, 0.5) is 17.6 Å². The average Bonchev–Trinajstić information content (AvgIpc) is 2.66. The standard InChI is InChI=1S/C14H14F3N3O2.C3H5FO2/c1-3-10(6-8-20(2)9-7-13(21)22)11-4-5-12(19-18-11)14(15,16)17;1-6-3(5)2-4/h3-6,8H,2,7,9H2,1H3;2H2,1H3/p+1/b8-6-,10-3+;. The van der Waals surface area contributed by atoms with Gasteiger partial charge in [0.2, 0.25) is 0 Å². The zero-order valence-corrected chi connectivity index (χ0v) is 15.2. The number of allylic oxidation sites excluding steroid dienone is 3. The van der Waals surface area contributed by atoms with Gasteiger partial charge in [0.05, 0.1) is 12.8 Å². The number of hydrogen-bond donors (Lipinski definition) is 1. The molecule has 0 unspecified atom stereocenters. The monoisotopic (exact) mass is 406 g/mol. The molecule has 1 heterocycles. The fourth-order valence-corrected chi connectivity index (χ4v) is 1.52. The van der Waals surface area contributed by atoms with Crippen LogP contribution in [-0.2, 0) is 20.5 Å². The Morgan fingerprint density at radius 2 is 1.96 bits per heavy atom. The molecule has 0 aromatic carbocycles. The van der Waals surface area contributed by atoms with Gasteiger partial charge in [-0.1, -0.05) is 6.08 Å². The van der Waals surface area contributed by atoms with E-state index in [-0.39, 0.29) is 18.7 Å². The van der Waals surface area contributed by atoms with Crippen molar-refractivity contribution in [1.29, 1.82) is 0 Å². The fourth-order valence-electron chi connectivity index (χ4n) is 1.52. The number of esters is 1. The number of nitrogens with zero attached hydrogens (tertiary/aromatic N) is 3. The van der Waals surface area contributed by atoms with Gasteiger partial charge in [0, 0.05) is 11.6 Å². The van der Waals surface area contributed by atoms with E-state index in [0.29, 0.717) is 5.57 Å². The van der Waals surface area contributed by atoms with Crippen LogP contribution in [0.25, 0.3) is 5.57 Å². The average molecular weight is 406 g/mol. The second-order valence-corrected chi connectivity index (χ2v) is 5.03. The molecule has 1 N–H and O–H groups in total. The lowest BCUT2D eigenvalue weighted by Gasteiger charge is -2.05. The molecule has 0 saturated carbocycles. The van der Waals surface area contributed by atoms with E-state index in [1.54, 1.807) is 19.1 Å². The number of aliphatic carboxylic acids is 1. The molecule has 11 heteroatoms. The van der Waals surface area contributed by atoms with E-state index in [1.807, 2.05) is 0 Å². The summed E-state index contributed by atoms with van der Waals surface area (Å²) >= 11 is 0. The van der Waals surface area contributed by atoms with Crippen molar-refractivity contribution >= 4 is 24.2 Å². The second-order valence-electron chi connectivity index (χ2n) is 5.03. The van der Waals surface area contributed by atoms with Crippen LogP contribution >= 0.6 is 0 Å². The maximum Gasteiger partial charge on any atom is 0.435 e. The minimum absolute atomic E-state index is 0.0703. The quantitative estimate of drug-likeness (QED) is 0.246. The van der Waals surface area contributed by atoms with E-state index < -0.39 is 30.5 Å². The molecule has 0 aliphatic heterocycles. The number of methoxy groups -OCH3 is 1. The van der Waals surface area contributed by atoms with Gasteiger partial charge >= 0.3 is 18.1 Å². The molecule has 7 nitrogen and oxygen atoms in total. The Bertz CT molecular complexity index is 723. The lowest BCUT2D eigenvalue weighted by molar-refractivity contribution is -0.446. The number of alkyl halides is 4. The highest BCUT2D eigenvalue weighted by molar-refractivity contribution is 5.71. The molecule has 28 heavy (non-hydrogen) atoms. The van der Waals surface area contributed by atoms with Crippen molar-refractivity contribution in [2.75, 3.05) is 20.3 Å². The number of ether oxygens (including phenoxy) is 1. The first kappa shape index (κ1) is 24.9.